The number of aromatic amines is 1. The highest BCUT2D eigenvalue weighted by molar-refractivity contribution is 5.66. The molecule has 0 unspecified atom stereocenters. The molecule has 0 aliphatic rings. The summed E-state index contributed by atoms with van der Waals surface area (Å²) < 4.78 is 0. The van der Waals surface area contributed by atoms with E-state index in [4.69, 9.17) is 16.3 Å². The summed E-state index contributed by atoms with van der Waals surface area (Å²) in [6.45, 7) is 0. The fourth-order valence-electron chi connectivity index (χ4n) is 0.681. The predicted molar refractivity (Wildman–Crippen MR) is 41.5 cm³/mol. The molecular formula is C5H5N7. The summed E-state index contributed by atoms with van der Waals surface area (Å²) in [4.78, 5) is 6.24. The van der Waals surface area contributed by atoms with Crippen molar-refractivity contribution in [1.29, 1.82) is 10.5 Å². The van der Waals surface area contributed by atoms with Gasteiger partial charge in [-0.25, -0.2) is 0 Å². The summed E-state index contributed by atoms with van der Waals surface area (Å²) in [7, 11) is 0. The standard InChI is InChI=1S/C5H5N7/c6-1-9-3-4(10-2-7)12-5(8)11-3/h9-10H,(H3,8,11,12). The highest BCUT2D eigenvalue weighted by atomic mass is 15.2. The van der Waals surface area contributed by atoms with Crippen molar-refractivity contribution in [2.24, 2.45) is 0 Å². The minimum absolute atomic E-state index is 0.130. The fourth-order valence-corrected chi connectivity index (χ4v) is 0.681. The molecule has 12 heavy (non-hydrogen) atoms. The molecule has 1 aromatic rings. The van der Waals surface area contributed by atoms with E-state index in [0.29, 0.717) is 0 Å². The molecule has 1 heterocycles. The fraction of sp³-hybridized carbons (Fsp3) is 0. The van der Waals surface area contributed by atoms with Crippen LogP contribution in [-0.4, -0.2) is 9.97 Å². The minimum atomic E-state index is 0.130. The van der Waals surface area contributed by atoms with Gasteiger partial charge >= 0.3 is 0 Å². The summed E-state index contributed by atoms with van der Waals surface area (Å²) in [5.74, 6) is 0.610. The maximum Gasteiger partial charge on any atom is 0.201 e. The topological polar surface area (TPSA) is 126 Å². The smallest absolute Gasteiger partial charge is 0.201 e. The molecule has 0 saturated carbocycles. The molecule has 0 atom stereocenters. The molecular weight excluding hydrogens is 158 g/mol. The van der Waals surface area contributed by atoms with E-state index in [0.717, 1.165) is 0 Å². The number of nitriles is 2. The summed E-state index contributed by atoms with van der Waals surface area (Å²) in [6.07, 6.45) is 3.33. The zero-order chi connectivity index (χ0) is 8.97. The Morgan fingerprint density at radius 2 is 2.00 bits per heavy atom. The van der Waals surface area contributed by atoms with Gasteiger partial charge in [-0.05, 0) is 0 Å². The molecule has 0 spiro atoms. The van der Waals surface area contributed by atoms with Crippen molar-refractivity contribution < 1.29 is 0 Å². The van der Waals surface area contributed by atoms with Crippen LogP contribution in [0.2, 0.25) is 0 Å². The van der Waals surface area contributed by atoms with E-state index in [-0.39, 0.29) is 17.6 Å². The molecule has 0 fully saturated rings. The van der Waals surface area contributed by atoms with Gasteiger partial charge in [-0.1, -0.05) is 0 Å². The van der Waals surface area contributed by atoms with Crippen molar-refractivity contribution >= 4 is 17.6 Å². The monoisotopic (exact) mass is 163 g/mol. The van der Waals surface area contributed by atoms with Gasteiger partial charge in [-0.2, -0.15) is 15.5 Å². The van der Waals surface area contributed by atoms with Gasteiger partial charge in [-0.15, -0.1) is 0 Å². The van der Waals surface area contributed by atoms with E-state index in [1.54, 1.807) is 12.4 Å². The third-order valence-corrected chi connectivity index (χ3v) is 1.08. The zero-order valence-electron chi connectivity index (χ0n) is 5.92. The predicted octanol–water partition coefficient (Wildman–Crippen LogP) is -0.222. The molecule has 1 aromatic heterocycles. The van der Waals surface area contributed by atoms with Crippen molar-refractivity contribution in [2.75, 3.05) is 16.4 Å². The number of hydrogen-bond donors (Lipinski definition) is 4. The lowest BCUT2D eigenvalue weighted by Crippen LogP contribution is -1.94. The summed E-state index contributed by atoms with van der Waals surface area (Å²) >= 11 is 0. The number of nitrogens with one attached hydrogen (secondary N) is 3. The Morgan fingerprint density at radius 3 is 2.58 bits per heavy atom. The molecule has 7 heteroatoms. The van der Waals surface area contributed by atoms with Crippen molar-refractivity contribution in [1.82, 2.24) is 9.97 Å². The number of nitrogens with zero attached hydrogens (tertiary/aromatic N) is 3. The van der Waals surface area contributed by atoms with Crippen molar-refractivity contribution in [3.05, 3.63) is 0 Å². The molecule has 0 radical (unpaired) electrons. The highest BCUT2D eigenvalue weighted by Crippen LogP contribution is 2.17. The van der Waals surface area contributed by atoms with E-state index >= 15 is 0 Å². The second-order valence-corrected chi connectivity index (χ2v) is 1.82. The van der Waals surface area contributed by atoms with Crippen LogP contribution in [0.15, 0.2) is 0 Å². The molecule has 0 aliphatic carbocycles. The number of anilines is 3. The first kappa shape index (κ1) is 7.69. The summed E-state index contributed by atoms with van der Waals surface area (Å²) in [5.41, 5.74) is 5.27. The lowest BCUT2D eigenvalue weighted by molar-refractivity contribution is 1.32. The Labute approximate surface area is 67.8 Å². The van der Waals surface area contributed by atoms with Gasteiger partial charge in [0.1, 0.15) is 0 Å². The first-order valence-corrected chi connectivity index (χ1v) is 2.93. The van der Waals surface area contributed by atoms with Crippen LogP contribution in [0.3, 0.4) is 0 Å². The van der Waals surface area contributed by atoms with E-state index in [2.05, 4.69) is 20.6 Å². The molecule has 0 aromatic carbocycles. The van der Waals surface area contributed by atoms with Crippen LogP contribution < -0.4 is 16.4 Å². The molecule has 1 rings (SSSR count). The number of H-pyrrole nitrogens is 1. The van der Waals surface area contributed by atoms with Crippen LogP contribution in [-0.2, 0) is 0 Å². The normalized spacial score (nSPS) is 8.17. The van der Waals surface area contributed by atoms with E-state index < -0.39 is 0 Å². The van der Waals surface area contributed by atoms with Gasteiger partial charge in [0, 0.05) is 0 Å². The lowest BCUT2D eigenvalue weighted by Gasteiger charge is -1.93. The van der Waals surface area contributed by atoms with Crippen molar-refractivity contribution in [3.8, 4) is 12.4 Å². The quantitative estimate of drug-likeness (QED) is 0.352. The lowest BCUT2D eigenvalue weighted by atomic mass is 10.6. The number of nitrogen functional groups attached to an aromatic ring is 1. The van der Waals surface area contributed by atoms with Crippen LogP contribution in [0, 0.1) is 22.9 Å². The second-order valence-electron chi connectivity index (χ2n) is 1.82. The van der Waals surface area contributed by atoms with Gasteiger partial charge in [0.2, 0.25) is 5.95 Å². The Bertz CT molecular complexity index is 317. The maximum atomic E-state index is 8.26. The number of imidazole rings is 1. The average molecular weight is 163 g/mol. The Hall–Kier alpha value is -2.41. The van der Waals surface area contributed by atoms with E-state index in [1.165, 1.54) is 0 Å². The molecule has 0 bridgehead atoms. The minimum Gasteiger partial charge on any atom is -0.369 e. The van der Waals surface area contributed by atoms with Crippen LogP contribution in [0.5, 0.6) is 0 Å². The van der Waals surface area contributed by atoms with Crippen LogP contribution in [0.4, 0.5) is 17.6 Å². The SMILES string of the molecule is N#CNc1nc(N)[nH]c1NC#N. The second kappa shape index (κ2) is 3.12. The van der Waals surface area contributed by atoms with Gasteiger partial charge in [0.15, 0.2) is 24.0 Å². The average Bonchev–Trinajstić information content (AvgIpc) is 2.33. The zero-order valence-corrected chi connectivity index (χ0v) is 5.92. The number of rotatable bonds is 2. The first-order chi connectivity index (χ1) is 5.77. The molecule has 60 valence electrons. The first-order valence-electron chi connectivity index (χ1n) is 2.93. The van der Waals surface area contributed by atoms with E-state index in [1.807, 2.05) is 0 Å². The van der Waals surface area contributed by atoms with Crippen LogP contribution in [0.25, 0.3) is 0 Å². The molecule has 0 saturated heterocycles. The Morgan fingerprint density at radius 1 is 1.33 bits per heavy atom. The molecule has 5 N–H and O–H groups in total. The Balaban J connectivity index is 2.95. The van der Waals surface area contributed by atoms with Gasteiger partial charge in [0.05, 0.1) is 0 Å². The molecule has 0 amide bonds. The summed E-state index contributed by atoms with van der Waals surface area (Å²) in [5, 5.41) is 21.0. The summed E-state index contributed by atoms with van der Waals surface area (Å²) in [6, 6.07) is 0. The number of hydrogen-bond acceptors (Lipinski definition) is 6. The van der Waals surface area contributed by atoms with Crippen molar-refractivity contribution in [2.45, 2.75) is 0 Å². The van der Waals surface area contributed by atoms with E-state index in [9.17, 15) is 0 Å². The highest BCUT2D eigenvalue weighted by Gasteiger charge is 2.06. The van der Waals surface area contributed by atoms with Gasteiger partial charge in [0.25, 0.3) is 0 Å². The van der Waals surface area contributed by atoms with Crippen LogP contribution >= 0.6 is 0 Å². The largest absolute Gasteiger partial charge is 0.369 e. The third-order valence-electron chi connectivity index (χ3n) is 1.08. The number of nitrogens with two attached hydrogens (primary N) is 1. The van der Waals surface area contributed by atoms with Gasteiger partial charge in [-0.3, -0.25) is 10.6 Å². The molecule has 0 aliphatic heterocycles. The van der Waals surface area contributed by atoms with Crippen molar-refractivity contribution in [3.63, 3.8) is 0 Å². The number of aromatic nitrogens is 2. The Kier molecular flexibility index (Phi) is 2.00. The van der Waals surface area contributed by atoms with Gasteiger partial charge < -0.3 is 10.7 Å². The maximum absolute atomic E-state index is 8.26. The third kappa shape index (κ3) is 1.36. The molecule has 7 nitrogen and oxygen atoms in total. The van der Waals surface area contributed by atoms with Crippen LogP contribution in [0.1, 0.15) is 0 Å².